The zero-order chi connectivity index (χ0) is 14.9. The smallest absolute Gasteiger partial charge is 0.201 e. The third kappa shape index (κ3) is 2.94. The lowest BCUT2D eigenvalue weighted by Crippen LogP contribution is -1.98. The first-order chi connectivity index (χ1) is 9.42. The van der Waals surface area contributed by atoms with Crippen molar-refractivity contribution in [1.29, 1.82) is 0 Å². The van der Waals surface area contributed by atoms with Gasteiger partial charge in [-0.3, -0.25) is 0 Å². The molecule has 0 amide bonds. The van der Waals surface area contributed by atoms with Crippen LogP contribution in [0.15, 0.2) is 28.7 Å². The number of ether oxygens (including phenoxy) is 1. The molecule has 0 spiro atoms. The molecule has 0 aliphatic heterocycles. The first-order valence-corrected chi connectivity index (χ1v) is 6.13. The van der Waals surface area contributed by atoms with E-state index < -0.39 is 41.4 Å². The summed E-state index contributed by atoms with van der Waals surface area (Å²) < 4.78 is 58.8. The number of benzene rings is 2. The average molecular weight is 351 g/mol. The SMILES string of the molecule is OCc1cc(F)c(Oc2cc(Br)cc(F)c2F)c(F)c1. The van der Waals surface area contributed by atoms with Gasteiger partial charge in [0.2, 0.25) is 5.82 Å². The molecular weight excluding hydrogens is 344 g/mol. The van der Waals surface area contributed by atoms with Gasteiger partial charge in [0.1, 0.15) is 0 Å². The zero-order valence-electron chi connectivity index (χ0n) is 9.76. The van der Waals surface area contributed by atoms with E-state index in [0.717, 1.165) is 24.3 Å². The van der Waals surface area contributed by atoms with Gasteiger partial charge in [-0.25, -0.2) is 13.2 Å². The fraction of sp³-hybridized carbons (Fsp3) is 0.0769. The van der Waals surface area contributed by atoms with Crippen LogP contribution < -0.4 is 4.74 Å². The van der Waals surface area contributed by atoms with Gasteiger partial charge in [0, 0.05) is 4.47 Å². The van der Waals surface area contributed by atoms with Gasteiger partial charge >= 0.3 is 0 Å². The van der Waals surface area contributed by atoms with Crippen LogP contribution in [0.4, 0.5) is 17.6 Å². The summed E-state index contributed by atoms with van der Waals surface area (Å²) in [7, 11) is 0. The van der Waals surface area contributed by atoms with E-state index in [0.29, 0.717) is 0 Å². The highest BCUT2D eigenvalue weighted by molar-refractivity contribution is 9.10. The van der Waals surface area contributed by atoms with Crippen LogP contribution in [0.1, 0.15) is 5.56 Å². The van der Waals surface area contributed by atoms with Crippen molar-refractivity contribution < 1.29 is 27.4 Å². The summed E-state index contributed by atoms with van der Waals surface area (Å²) in [6.45, 7) is -0.562. The van der Waals surface area contributed by atoms with Crippen LogP contribution in [0.2, 0.25) is 0 Å². The van der Waals surface area contributed by atoms with Crippen molar-refractivity contribution in [2.75, 3.05) is 0 Å². The van der Waals surface area contributed by atoms with Crippen LogP contribution >= 0.6 is 15.9 Å². The topological polar surface area (TPSA) is 29.5 Å². The highest BCUT2D eigenvalue weighted by Gasteiger charge is 2.18. The fourth-order valence-electron chi connectivity index (χ4n) is 1.52. The van der Waals surface area contributed by atoms with Gasteiger partial charge in [-0.15, -0.1) is 0 Å². The minimum Gasteiger partial charge on any atom is -0.448 e. The van der Waals surface area contributed by atoms with Crippen molar-refractivity contribution in [3.8, 4) is 11.5 Å². The molecule has 0 aromatic heterocycles. The molecule has 7 heteroatoms. The number of halogens is 5. The molecular formula is C13H7BrF4O2. The van der Waals surface area contributed by atoms with Gasteiger partial charge in [-0.1, -0.05) is 15.9 Å². The molecule has 0 radical (unpaired) electrons. The van der Waals surface area contributed by atoms with Crippen molar-refractivity contribution in [1.82, 2.24) is 0 Å². The largest absolute Gasteiger partial charge is 0.448 e. The van der Waals surface area contributed by atoms with Crippen LogP contribution in [0.5, 0.6) is 11.5 Å². The highest BCUT2D eigenvalue weighted by Crippen LogP contribution is 2.33. The van der Waals surface area contributed by atoms with E-state index >= 15 is 0 Å². The molecule has 2 aromatic carbocycles. The summed E-state index contributed by atoms with van der Waals surface area (Å²) in [5, 5.41) is 8.79. The Bertz CT molecular complexity index is 638. The Balaban J connectivity index is 2.45. The molecule has 2 aromatic rings. The molecule has 1 N–H and O–H groups in total. The lowest BCUT2D eigenvalue weighted by Gasteiger charge is -2.10. The lowest BCUT2D eigenvalue weighted by molar-refractivity contribution is 0.279. The Kier molecular flexibility index (Phi) is 4.29. The van der Waals surface area contributed by atoms with Crippen LogP contribution in [0.3, 0.4) is 0 Å². The van der Waals surface area contributed by atoms with Crippen LogP contribution in [-0.4, -0.2) is 5.11 Å². The summed E-state index contributed by atoms with van der Waals surface area (Å²) in [6.07, 6.45) is 0. The maximum atomic E-state index is 13.6. The molecule has 0 aliphatic rings. The zero-order valence-corrected chi connectivity index (χ0v) is 11.3. The monoisotopic (exact) mass is 350 g/mol. The molecule has 0 heterocycles. The van der Waals surface area contributed by atoms with Crippen molar-refractivity contribution >= 4 is 15.9 Å². The van der Waals surface area contributed by atoms with Gasteiger partial charge < -0.3 is 9.84 Å². The van der Waals surface area contributed by atoms with E-state index in [1.165, 1.54) is 0 Å². The summed E-state index contributed by atoms with van der Waals surface area (Å²) in [6, 6.07) is 3.57. The number of hydrogen-bond donors (Lipinski definition) is 1. The molecule has 2 rings (SSSR count). The van der Waals surface area contributed by atoms with Gasteiger partial charge in [0.25, 0.3) is 0 Å². The molecule has 0 aliphatic carbocycles. The standard InChI is InChI=1S/C13H7BrF4O2/c14-7-3-8(15)12(18)11(4-7)20-13-9(16)1-6(5-19)2-10(13)17/h1-4,19H,5H2. The van der Waals surface area contributed by atoms with E-state index in [4.69, 9.17) is 9.84 Å². The maximum absolute atomic E-state index is 13.6. The first kappa shape index (κ1) is 14.8. The van der Waals surface area contributed by atoms with Crippen LogP contribution in [0.25, 0.3) is 0 Å². The quantitative estimate of drug-likeness (QED) is 0.660. The second kappa shape index (κ2) is 5.80. The minimum atomic E-state index is -1.36. The Hall–Kier alpha value is -1.60. The molecule has 0 saturated heterocycles. The fourth-order valence-corrected chi connectivity index (χ4v) is 1.93. The number of aliphatic hydroxyl groups excluding tert-OH is 1. The van der Waals surface area contributed by atoms with Crippen molar-refractivity contribution in [2.45, 2.75) is 6.61 Å². The number of aliphatic hydroxyl groups is 1. The van der Waals surface area contributed by atoms with Gasteiger partial charge in [0.15, 0.2) is 29.0 Å². The molecule has 0 bridgehead atoms. The number of hydrogen-bond acceptors (Lipinski definition) is 2. The molecule has 0 fully saturated rings. The molecule has 2 nitrogen and oxygen atoms in total. The summed E-state index contributed by atoms with van der Waals surface area (Å²) in [5.41, 5.74) is -0.00625. The van der Waals surface area contributed by atoms with Crippen molar-refractivity contribution in [3.63, 3.8) is 0 Å². The average Bonchev–Trinajstić information content (AvgIpc) is 2.38. The summed E-state index contributed by atoms with van der Waals surface area (Å²) >= 11 is 2.91. The van der Waals surface area contributed by atoms with Gasteiger partial charge in [-0.2, -0.15) is 4.39 Å². The van der Waals surface area contributed by atoms with Gasteiger partial charge in [0.05, 0.1) is 6.61 Å². The molecule has 106 valence electrons. The normalized spacial score (nSPS) is 10.7. The second-order valence-electron chi connectivity index (χ2n) is 3.85. The summed E-state index contributed by atoms with van der Waals surface area (Å²) in [5.74, 6) is -6.38. The van der Waals surface area contributed by atoms with E-state index in [-0.39, 0.29) is 10.0 Å². The molecule has 20 heavy (non-hydrogen) atoms. The number of rotatable bonds is 3. The lowest BCUT2D eigenvalue weighted by atomic mass is 10.2. The van der Waals surface area contributed by atoms with E-state index in [1.807, 2.05) is 0 Å². The molecule has 0 saturated carbocycles. The Morgan fingerprint density at radius 1 is 0.950 bits per heavy atom. The van der Waals surface area contributed by atoms with E-state index in [2.05, 4.69) is 15.9 Å². The van der Waals surface area contributed by atoms with Crippen LogP contribution in [0, 0.1) is 23.3 Å². The van der Waals surface area contributed by atoms with Crippen LogP contribution in [-0.2, 0) is 6.61 Å². The Morgan fingerprint density at radius 3 is 2.10 bits per heavy atom. The summed E-state index contributed by atoms with van der Waals surface area (Å²) in [4.78, 5) is 0. The van der Waals surface area contributed by atoms with E-state index in [1.54, 1.807) is 0 Å². The third-order valence-electron chi connectivity index (χ3n) is 2.41. The Labute approximate surface area is 119 Å². The molecule has 0 unspecified atom stereocenters. The third-order valence-corrected chi connectivity index (χ3v) is 2.87. The van der Waals surface area contributed by atoms with Crippen molar-refractivity contribution in [3.05, 3.63) is 57.6 Å². The Morgan fingerprint density at radius 2 is 1.55 bits per heavy atom. The van der Waals surface area contributed by atoms with E-state index in [9.17, 15) is 17.6 Å². The van der Waals surface area contributed by atoms with Gasteiger partial charge in [-0.05, 0) is 29.8 Å². The van der Waals surface area contributed by atoms with Crippen molar-refractivity contribution in [2.24, 2.45) is 0 Å². The predicted octanol–water partition coefficient (Wildman–Crippen LogP) is 4.29. The second-order valence-corrected chi connectivity index (χ2v) is 4.76. The highest BCUT2D eigenvalue weighted by atomic mass is 79.9. The molecule has 0 atom stereocenters. The predicted molar refractivity (Wildman–Crippen MR) is 66.4 cm³/mol. The first-order valence-electron chi connectivity index (χ1n) is 5.33. The maximum Gasteiger partial charge on any atom is 0.201 e. The minimum absolute atomic E-state index is 0.00625.